The maximum Gasteiger partial charge on any atom is 0.240 e. The minimum absolute atomic E-state index is 0. The van der Waals surface area contributed by atoms with Crippen molar-refractivity contribution in [1.29, 1.82) is 0 Å². The van der Waals surface area contributed by atoms with Crippen molar-refractivity contribution in [3.63, 3.8) is 0 Å². The Labute approximate surface area is 138 Å². The van der Waals surface area contributed by atoms with Crippen molar-refractivity contribution in [2.24, 2.45) is 0 Å². The molecule has 7 heteroatoms. The zero-order valence-electron chi connectivity index (χ0n) is 12.6. The second-order valence-corrected chi connectivity index (χ2v) is 7.40. The number of hydrogen-bond acceptors (Lipinski definition) is 4. The molecule has 1 saturated heterocycles. The lowest BCUT2D eigenvalue weighted by Gasteiger charge is -2.26. The number of aryl methyl sites for hydroxylation is 2. The summed E-state index contributed by atoms with van der Waals surface area (Å²) in [5.74, 6) is 0. The van der Waals surface area contributed by atoms with Crippen LogP contribution in [0.25, 0.3) is 0 Å². The van der Waals surface area contributed by atoms with Crippen molar-refractivity contribution in [3.8, 4) is 0 Å². The molecular formula is C15H23ClN2O3S. The topological polar surface area (TPSA) is 58.6 Å². The molecule has 3 rings (SSSR count). The lowest BCUT2D eigenvalue weighted by molar-refractivity contribution is 0.0390. The Morgan fingerprint density at radius 2 is 1.86 bits per heavy atom. The Morgan fingerprint density at radius 1 is 1.14 bits per heavy atom. The molecule has 1 aromatic carbocycles. The summed E-state index contributed by atoms with van der Waals surface area (Å²) in [7, 11) is -3.39. The van der Waals surface area contributed by atoms with E-state index in [-0.39, 0.29) is 12.4 Å². The summed E-state index contributed by atoms with van der Waals surface area (Å²) in [6.45, 7) is 4.39. The Morgan fingerprint density at radius 3 is 2.64 bits per heavy atom. The maximum atomic E-state index is 12.3. The molecule has 0 atom stereocenters. The molecule has 1 N–H and O–H groups in total. The Bertz CT molecular complexity index is 601. The first-order chi connectivity index (χ1) is 10.1. The molecule has 5 nitrogen and oxygen atoms in total. The van der Waals surface area contributed by atoms with Gasteiger partial charge in [-0.25, -0.2) is 13.1 Å². The molecule has 0 bridgehead atoms. The maximum absolute atomic E-state index is 12.3. The number of ether oxygens (including phenoxy) is 1. The van der Waals surface area contributed by atoms with E-state index in [4.69, 9.17) is 4.74 Å². The van der Waals surface area contributed by atoms with E-state index in [0.717, 1.165) is 52.1 Å². The molecule has 0 spiro atoms. The van der Waals surface area contributed by atoms with E-state index in [1.54, 1.807) is 6.07 Å². The quantitative estimate of drug-likeness (QED) is 0.870. The van der Waals surface area contributed by atoms with E-state index in [1.807, 2.05) is 12.1 Å². The molecule has 1 aromatic rings. The van der Waals surface area contributed by atoms with Crippen molar-refractivity contribution < 1.29 is 13.2 Å². The number of halogens is 1. The summed E-state index contributed by atoms with van der Waals surface area (Å²) in [6, 6.07) is 5.51. The van der Waals surface area contributed by atoms with Crippen LogP contribution < -0.4 is 4.72 Å². The minimum Gasteiger partial charge on any atom is -0.379 e. The fraction of sp³-hybridized carbons (Fsp3) is 0.600. The average Bonchev–Trinajstić information content (AvgIpc) is 2.95. The van der Waals surface area contributed by atoms with Crippen LogP contribution in [-0.4, -0.2) is 52.7 Å². The number of hydrogen-bond donors (Lipinski definition) is 1. The molecule has 124 valence electrons. The molecule has 2 aliphatic rings. The molecule has 22 heavy (non-hydrogen) atoms. The van der Waals surface area contributed by atoms with E-state index in [1.165, 1.54) is 11.1 Å². The molecule has 0 unspecified atom stereocenters. The van der Waals surface area contributed by atoms with E-state index >= 15 is 0 Å². The van der Waals surface area contributed by atoms with Gasteiger partial charge in [-0.3, -0.25) is 4.90 Å². The fourth-order valence-corrected chi connectivity index (χ4v) is 4.03. The Kier molecular flexibility index (Phi) is 6.23. The number of fused-ring (bicyclic) bond motifs is 1. The van der Waals surface area contributed by atoms with Crippen molar-refractivity contribution in [2.75, 3.05) is 39.4 Å². The zero-order valence-corrected chi connectivity index (χ0v) is 14.2. The largest absolute Gasteiger partial charge is 0.379 e. The van der Waals surface area contributed by atoms with Crippen LogP contribution in [0.15, 0.2) is 23.1 Å². The summed E-state index contributed by atoms with van der Waals surface area (Å²) in [5, 5.41) is 0. The SMILES string of the molecule is Cl.O=S(=O)(NCCN1CCOCC1)c1ccc2c(c1)CCC2. The first-order valence-corrected chi connectivity index (χ1v) is 9.05. The van der Waals surface area contributed by atoms with Gasteiger partial charge in [0.25, 0.3) is 0 Å². The van der Waals surface area contributed by atoms with Crippen LogP contribution in [-0.2, 0) is 27.6 Å². The number of nitrogens with one attached hydrogen (secondary N) is 1. The molecular weight excluding hydrogens is 324 g/mol. The fourth-order valence-electron chi connectivity index (χ4n) is 2.96. The van der Waals surface area contributed by atoms with Crippen LogP contribution in [0.4, 0.5) is 0 Å². The first-order valence-electron chi connectivity index (χ1n) is 7.57. The van der Waals surface area contributed by atoms with Crippen molar-refractivity contribution >= 4 is 22.4 Å². The highest BCUT2D eigenvalue weighted by atomic mass is 35.5. The van der Waals surface area contributed by atoms with Gasteiger partial charge in [0.15, 0.2) is 0 Å². The standard InChI is InChI=1S/C15H22N2O3S.ClH/c18-21(19,16-6-7-17-8-10-20-11-9-17)15-5-4-13-2-1-3-14(13)12-15;/h4-5,12,16H,1-3,6-11H2;1H. The molecule has 1 aliphatic carbocycles. The van der Waals surface area contributed by atoms with E-state index in [9.17, 15) is 8.42 Å². The van der Waals surface area contributed by atoms with Crippen LogP contribution >= 0.6 is 12.4 Å². The molecule has 1 fully saturated rings. The summed E-state index contributed by atoms with van der Waals surface area (Å²) in [4.78, 5) is 2.61. The molecule has 0 aromatic heterocycles. The van der Waals surface area contributed by atoms with E-state index in [2.05, 4.69) is 9.62 Å². The van der Waals surface area contributed by atoms with Crippen molar-refractivity contribution in [3.05, 3.63) is 29.3 Å². The van der Waals surface area contributed by atoms with E-state index < -0.39 is 10.0 Å². The minimum atomic E-state index is -3.39. The highest BCUT2D eigenvalue weighted by Gasteiger charge is 2.18. The predicted molar refractivity (Wildman–Crippen MR) is 88.2 cm³/mol. The van der Waals surface area contributed by atoms with Gasteiger partial charge in [0.05, 0.1) is 18.1 Å². The number of benzene rings is 1. The third-order valence-corrected chi connectivity index (χ3v) is 5.66. The average molecular weight is 347 g/mol. The van der Waals surface area contributed by atoms with Gasteiger partial charge < -0.3 is 4.74 Å². The van der Waals surface area contributed by atoms with Crippen LogP contribution in [0.3, 0.4) is 0 Å². The third-order valence-electron chi connectivity index (χ3n) is 4.20. The van der Waals surface area contributed by atoms with Gasteiger partial charge in [-0.05, 0) is 42.5 Å². The van der Waals surface area contributed by atoms with Gasteiger partial charge in [0, 0.05) is 26.2 Å². The molecule has 0 amide bonds. The first kappa shape index (κ1) is 17.7. The number of rotatable bonds is 5. The molecule has 1 aliphatic heterocycles. The second-order valence-electron chi connectivity index (χ2n) is 5.64. The zero-order chi connectivity index (χ0) is 14.7. The highest BCUT2D eigenvalue weighted by molar-refractivity contribution is 7.89. The summed E-state index contributed by atoms with van der Waals surface area (Å²) >= 11 is 0. The van der Waals surface area contributed by atoms with Gasteiger partial charge in [0.1, 0.15) is 0 Å². The predicted octanol–water partition coefficient (Wildman–Crippen LogP) is 1.21. The molecule has 0 saturated carbocycles. The highest BCUT2D eigenvalue weighted by Crippen LogP contribution is 2.24. The molecule has 1 heterocycles. The smallest absolute Gasteiger partial charge is 0.240 e. The second kappa shape index (κ2) is 7.75. The normalized spacial score (nSPS) is 18.7. The summed E-state index contributed by atoms with van der Waals surface area (Å²) in [6.07, 6.45) is 3.19. The lowest BCUT2D eigenvalue weighted by atomic mass is 10.1. The van der Waals surface area contributed by atoms with Crippen LogP contribution in [0.2, 0.25) is 0 Å². The van der Waals surface area contributed by atoms with Crippen LogP contribution in [0, 0.1) is 0 Å². The Hall–Kier alpha value is -0.660. The van der Waals surface area contributed by atoms with Crippen LogP contribution in [0.1, 0.15) is 17.5 Å². The van der Waals surface area contributed by atoms with Crippen LogP contribution in [0.5, 0.6) is 0 Å². The van der Waals surface area contributed by atoms with Gasteiger partial charge in [0.2, 0.25) is 10.0 Å². The van der Waals surface area contributed by atoms with Gasteiger partial charge >= 0.3 is 0 Å². The van der Waals surface area contributed by atoms with E-state index in [0.29, 0.717) is 11.4 Å². The summed E-state index contributed by atoms with van der Waals surface area (Å²) < 4.78 is 32.6. The van der Waals surface area contributed by atoms with Gasteiger partial charge in [-0.2, -0.15) is 0 Å². The monoisotopic (exact) mass is 346 g/mol. The third kappa shape index (κ3) is 4.20. The summed E-state index contributed by atoms with van der Waals surface area (Å²) in [5.41, 5.74) is 2.48. The number of sulfonamides is 1. The lowest BCUT2D eigenvalue weighted by Crippen LogP contribution is -2.41. The van der Waals surface area contributed by atoms with Gasteiger partial charge in [-0.1, -0.05) is 6.07 Å². The number of morpholine rings is 1. The van der Waals surface area contributed by atoms with Crippen molar-refractivity contribution in [2.45, 2.75) is 24.2 Å². The number of nitrogens with zero attached hydrogens (tertiary/aromatic N) is 1. The molecule has 0 radical (unpaired) electrons. The Balaban J connectivity index is 0.00000176. The van der Waals surface area contributed by atoms with Gasteiger partial charge in [-0.15, -0.1) is 12.4 Å². The van der Waals surface area contributed by atoms with Crippen molar-refractivity contribution in [1.82, 2.24) is 9.62 Å².